The molecule has 2 heterocycles. The first kappa shape index (κ1) is 7.86. The molecular formula is C8H10BrN3. The summed E-state index contributed by atoms with van der Waals surface area (Å²) in [4.78, 5) is 4.25. The van der Waals surface area contributed by atoms with E-state index in [1.54, 1.807) is 6.20 Å². The molecule has 3 nitrogen and oxygen atoms in total. The lowest BCUT2D eigenvalue weighted by atomic mass is 10.2. The van der Waals surface area contributed by atoms with Gasteiger partial charge >= 0.3 is 0 Å². The fourth-order valence-electron chi connectivity index (χ4n) is 1.45. The Balaban J connectivity index is 2.58. The van der Waals surface area contributed by atoms with Gasteiger partial charge in [-0.15, -0.1) is 0 Å². The van der Waals surface area contributed by atoms with Crippen LogP contribution < -0.4 is 5.32 Å². The van der Waals surface area contributed by atoms with Crippen LogP contribution in [0.15, 0.2) is 18.1 Å². The van der Waals surface area contributed by atoms with E-state index < -0.39 is 0 Å². The Morgan fingerprint density at radius 2 is 2.42 bits per heavy atom. The van der Waals surface area contributed by atoms with Crippen molar-refractivity contribution in [1.29, 1.82) is 0 Å². The molecule has 12 heavy (non-hydrogen) atoms. The number of nitrogens with zero attached hydrogens (tertiary/aromatic N) is 2. The van der Waals surface area contributed by atoms with Crippen LogP contribution in [0.4, 0.5) is 0 Å². The smallest absolute Gasteiger partial charge is 0.149 e. The number of fused-ring (bicyclic) bond motifs is 1. The Labute approximate surface area is 79.6 Å². The molecule has 1 atom stereocenters. The molecule has 1 N–H and O–H groups in total. The quantitative estimate of drug-likeness (QED) is 0.542. The van der Waals surface area contributed by atoms with Crippen LogP contribution in [0.2, 0.25) is 0 Å². The van der Waals surface area contributed by atoms with Gasteiger partial charge in [0.25, 0.3) is 0 Å². The van der Waals surface area contributed by atoms with E-state index in [0.29, 0.717) is 0 Å². The highest BCUT2D eigenvalue weighted by Crippen LogP contribution is 2.30. The minimum absolute atomic E-state index is 0.241. The highest BCUT2D eigenvalue weighted by atomic mass is 79.9. The molecular weight excluding hydrogens is 218 g/mol. The molecule has 0 saturated heterocycles. The lowest BCUT2D eigenvalue weighted by Crippen LogP contribution is -2.37. The molecule has 64 valence electrons. The zero-order valence-corrected chi connectivity index (χ0v) is 8.59. The first-order valence-electron chi connectivity index (χ1n) is 3.78. The van der Waals surface area contributed by atoms with Crippen molar-refractivity contribution in [2.75, 3.05) is 0 Å². The minimum atomic E-state index is -0.241. The normalized spacial score (nSPS) is 27.4. The number of allylic oxidation sites excluding steroid dienone is 1. The number of rotatable bonds is 0. The molecule has 0 spiro atoms. The van der Waals surface area contributed by atoms with Gasteiger partial charge in [-0.2, -0.15) is 0 Å². The molecule has 4 heteroatoms. The van der Waals surface area contributed by atoms with Crippen molar-refractivity contribution in [1.82, 2.24) is 14.9 Å². The maximum Gasteiger partial charge on any atom is 0.149 e. The summed E-state index contributed by atoms with van der Waals surface area (Å²) < 4.78 is 1.77. The fraction of sp³-hybridized carbons (Fsp3) is 0.375. The number of hydrogen-bond donors (Lipinski definition) is 1. The summed E-state index contributed by atoms with van der Waals surface area (Å²) >= 11 is 3.58. The second kappa shape index (κ2) is 2.36. The van der Waals surface area contributed by atoms with Crippen LogP contribution in [-0.2, 0) is 4.45 Å². The maximum absolute atomic E-state index is 4.25. The third-order valence-corrected chi connectivity index (χ3v) is 2.41. The SMILES string of the molecule is CC1=Cn2ccnc2C(C)(Br)N1. The highest BCUT2D eigenvalue weighted by Gasteiger charge is 2.29. The summed E-state index contributed by atoms with van der Waals surface area (Å²) in [7, 11) is 0. The van der Waals surface area contributed by atoms with Crippen molar-refractivity contribution in [3.8, 4) is 0 Å². The van der Waals surface area contributed by atoms with Gasteiger partial charge < -0.3 is 9.88 Å². The Bertz CT molecular complexity index is 338. The Kier molecular flexibility index (Phi) is 1.54. The van der Waals surface area contributed by atoms with E-state index in [-0.39, 0.29) is 4.45 Å². The van der Waals surface area contributed by atoms with Crippen LogP contribution in [-0.4, -0.2) is 9.55 Å². The van der Waals surface area contributed by atoms with Crippen molar-refractivity contribution in [3.05, 3.63) is 23.9 Å². The van der Waals surface area contributed by atoms with Gasteiger partial charge in [-0.1, -0.05) is 15.9 Å². The van der Waals surface area contributed by atoms with Crippen molar-refractivity contribution >= 4 is 22.1 Å². The first-order chi connectivity index (χ1) is 5.59. The third kappa shape index (κ3) is 1.06. The second-order valence-corrected chi connectivity index (χ2v) is 4.68. The molecule has 1 unspecified atom stereocenters. The Hall–Kier alpha value is -0.770. The van der Waals surface area contributed by atoms with Crippen molar-refractivity contribution < 1.29 is 0 Å². The lowest BCUT2D eigenvalue weighted by Gasteiger charge is -2.29. The highest BCUT2D eigenvalue weighted by molar-refractivity contribution is 9.09. The number of halogens is 1. The summed E-state index contributed by atoms with van der Waals surface area (Å²) in [6.45, 7) is 4.07. The topological polar surface area (TPSA) is 29.9 Å². The zero-order valence-electron chi connectivity index (χ0n) is 7.00. The van der Waals surface area contributed by atoms with Gasteiger partial charge in [0.05, 0.1) is 0 Å². The van der Waals surface area contributed by atoms with E-state index in [1.807, 2.05) is 30.8 Å². The fourth-order valence-corrected chi connectivity index (χ4v) is 2.07. The van der Waals surface area contributed by atoms with Crippen LogP contribution in [0.1, 0.15) is 19.7 Å². The van der Waals surface area contributed by atoms with Gasteiger partial charge in [-0.25, -0.2) is 4.98 Å². The molecule has 1 aliphatic rings. The molecule has 0 radical (unpaired) electrons. The number of imidazole rings is 1. The predicted octanol–water partition coefficient (Wildman–Crippen LogP) is 1.87. The van der Waals surface area contributed by atoms with Crippen molar-refractivity contribution in [3.63, 3.8) is 0 Å². The Morgan fingerprint density at radius 3 is 3.17 bits per heavy atom. The average molecular weight is 228 g/mol. The number of aromatic nitrogens is 2. The third-order valence-electron chi connectivity index (χ3n) is 1.85. The van der Waals surface area contributed by atoms with Crippen molar-refractivity contribution in [2.45, 2.75) is 18.3 Å². The molecule has 1 aliphatic heterocycles. The predicted molar refractivity (Wildman–Crippen MR) is 51.6 cm³/mol. The van der Waals surface area contributed by atoms with Crippen LogP contribution in [0.3, 0.4) is 0 Å². The molecule has 0 fully saturated rings. The summed E-state index contributed by atoms with van der Waals surface area (Å²) in [5.41, 5.74) is 1.12. The van der Waals surface area contributed by atoms with Crippen LogP contribution >= 0.6 is 15.9 Å². The summed E-state index contributed by atoms with van der Waals surface area (Å²) in [6, 6.07) is 0. The Morgan fingerprint density at radius 1 is 1.67 bits per heavy atom. The molecule has 0 aromatic carbocycles. The average Bonchev–Trinajstić information content (AvgIpc) is 2.32. The molecule has 0 bridgehead atoms. The minimum Gasteiger partial charge on any atom is -0.367 e. The van der Waals surface area contributed by atoms with E-state index in [4.69, 9.17) is 0 Å². The molecule has 1 aromatic rings. The zero-order chi connectivity index (χ0) is 8.77. The van der Waals surface area contributed by atoms with Crippen LogP contribution in [0.5, 0.6) is 0 Å². The van der Waals surface area contributed by atoms with Gasteiger partial charge in [0.1, 0.15) is 10.3 Å². The second-order valence-electron chi connectivity index (χ2n) is 3.10. The maximum atomic E-state index is 4.25. The largest absolute Gasteiger partial charge is 0.367 e. The summed E-state index contributed by atoms with van der Waals surface area (Å²) in [5, 5.41) is 3.29. The lowest BCUT2D eigenvalue weighted by molar-refractivity contribution is 0.546. The summed E-state index contributed by atoms with van der Waals surface area (Å²) in [6.07, 6.45) is 5.76. The number of hydrogen-bond acceptors (Lipinski definition) is 2. The van der Waals surface area contributed by atoms with Gasteiger partial charge in [0, 0.05) is 24.3 Å². The number of alkyl halides is 1. The van der Waals surface area contributed by atoms with Crippen LogP contribution in [0.25, 0.3) is 6.20 Å². The van der Waals surface area contributed by atoms with E-state index in [1.165, 1.54) is 0 Å². The standard InChI is InChI=1S/C8H10BrN3/c1-6-5-12-4-3-10-7(12)8(2,9)11-6/h3-5,11H,1-2H3. The molecule has 0 aliphatic carbocycles. The molecule has 0 saturated carbocycles. The van der Waals surface area contributed by atoms with E-state index >= 15 is 0 Å². The van der Waals surface area contributed by atoms with E-state index in [2.05, 4.69) is 26.2 Å². The van der Waals surface area contributed by atoms with E-state index in [0.717, 1.165) is 11.5 Å². The van der Waals surface area contributed by atoms with Gasteiger partial charge in [0.15, 0.2) is 0 Å². The van der Waals surface area contributed by atoms with Gasteiger partial charge in [-0.3, -0.25) is 0 Å². The number of nitrogens with one attached hydrogen (secondary N) is 1. The van der Waals surface area contributed by atoms with E-state index in [9.17, 15) is 0 Å². The molecule has 0 amide bonds. The summed E-state index contributed by atoms with van der Waals surface area (Å²) in [5.74, 6) is 0.980. The molecule has 2 rings (SSSR count). The van der Waals surface area contributed by atoms with Gasteiger partial charge in [0.2, 0.25) is 0 Å². The van der Waals surface area contributed by atoms with Gasteiger partial charge in [-0.05, 0) is 13.8 Å². The molecule has 1 aromatic heterocycles. The monoisotopic (exact) mass is 227 g/mol. The van der Waals surface area contributed by atoms with Crippen molar-refractivity contribution in [2.24, 2.45) is 0 Å². The first-order valence-corrected chi connectivity index (χ1v) is 4.58. The van der Waals surface area contributed by atoms with Crippen LogP contribution in [0, 0.1) is 0 Å².